The maximum Gasteiger partial charge on any atom is 0.225 e. The van der Waals surface area contributed by atoms with Gasteiger partial charge in [-0.1, -0.05) is 19.8 Å². The van der Waals surface area contributed by atoms with Gasteiger partial charge in [-0.15, -0.1) is 0 Å². The van der Waals surface area contributed by atoms with Crippen molar-refractivity contribution in [3.8, 4) is 0 Å². The van der Waals surface area contributed by atoms with Crippen LogP contribution in [0.3, 0.4) is 0 Å². The second-order valence-corrected chi connectivity index (χ2v) is 7.73. The molecule has 3 rings (SSSR count). The van der Waals surface area contributed by atoms with E-state index in [1.54, 1.807) is 0 Å². The molecule has 0 aromatic heterocycles. The molecule has 1 heterocycles. The minimum absolute atomic E-state index is 0.162. The van der Waals surface area contributed by atoms with E-state index in [1.165, 1.54) is 6.42 Å². The molecule has 0 bridgehead atoms. The summed E-state index contributed by atoms with van der Waals surface area (Å²) < 4.78 is 0. The SMILES string of the molecule is CC1CC(C(=O)N2CCC3(O)CCCCC3C2)CCC1N. The van der Waals surface area contributed by atoms with Gasteiger partial charge in [0.25, 0.3) is 0 Å². The zero-order valence-corrected chi connectivity index (χ0v) is 13.3. The molecule has 3 aliphatic rings. The number of nitrogens with zero attached hydrogens (tertiary/aromatic N) is 1. The Morgan fingerprint density at radius 1 is 1.24 bits per heavy atom. The first-order valence-electron chi connectivity index (χ1n) is 8.76. The van der Waals surface area contributed by atoms with E-state index in [4.69, 9.17) is 5.73 Å². The molecule has 3 fully saturated rings. The Bertz CT molecular complexity index is 400. The molecule has 1 aliphatic heterocycles. The Balaban J connectivity index is 1.61. The lowest BCUT2D eigenvalue weighted by atomic mass is 9.71. The van der Waals surface area contributed by atoms with Gasteiger partial charge < -0.3 is 15.7 Å². The van der Waals surface area contributed by atoms with Crippen LogP contribution in [-0.2, 0) is 4.79 Å². The maximum absolute atomic E-state index is 12.8. The fourth-order valence-electron chi connectivity index (χ4n) is 4.67. The molecule has 0 spiro atoms. The Hall–Kier alpha value is -0.610. The van der Waals surface area contributed by atoms with Crippen molar-refractivity contribution in [2.24, 2.45) is 23.5 Å². The largest absolute Gasteiger partial charge is 0.389 e. The molecule has 4 heteroatoms. The summed E-state index contributed by atoms with van der Waals surface area (Å²) in [5.74, 6) is 1.23. The van der Waals surface area contributed by atoms with Gasteiger partial charge in [0, 0.05) is 31.0 Å². The topological polar surface area (TPSA) is 66.6 Å². The van der Waals surface area contributed by atoms with Gasteiger partial charge in [-0.3, -0.25) is 4.79 Å². The predicted octanol–water partition coefficient (Wildman–Crippen LogP) is 1.90. The van der Waals surface area contributed by atoms with Crippen molar-refractivity contribution < 1.29 is 9.90 Å². The third kappa shape index (κ3) is 2.98. The third-order valence-electron chi connectivity index (χ3n) is 6.32. The van der Waals surface area contributed by atoms with E-state index >= 15 is 0 Å². The molecular weight excluding hydrogens is 264 g/mol. The predicted molar refractivity (Wildman–Crippen MR) is 82.6 cm³/mol. The molecule has 0 aromatic carbocycles. The van der Waals surface area contributed by atoms with Crippen LogP contribution in [0.1, 0.15) is 58.3 Å². The smallest absolute Gasteiger partial charge is 0.225 e. The lowest BCUT2D eigenvalue weighted by Crippen LogP contribution is -2.56. The van der Waals surface area contributed by atoms with Gasteiger partial charge in [-0.2, -0.15) is 0 Å². The van der Waals surface area contributed by atoms with Crippen molar-refractivity contribution in [1.29, 1.82) is 0 Å². The van der Waals surface area contributed by atoms with Crippen molar-refractivity contribution in [1.82, 2.24) is 4.90 Å². The molecule has 0 radical (unpaired) electrons. The van der Waals surface area contributed by atoms with E-state index in [9.17, 15) is 9.90 Å². The van der Waals surface area contributed by atoms with Crippen LogP contribution in [0.25, 0.3) is 0 Å². The highest BCUT2D eigenvalue weighted by Crippen LogP contribution is 2.40. The van der Waals surface area contributed by atoms with Crippen molar-refractivity contribution in [2.75, 3.05) is 13.1 Å². The van der Waals surface area contributed by atoms with Crippen molar-refractivity contribution >= 4 is 5.91 Å². The maximum atomic E-state index is 12.8. The Morgan fingerprint density at radius 2 is 2.05 bits per heavy atom. The van der Waals surface area contributed by atoms with Crippen molar-refractivity contribution in [3.05, 3.63) is 0 Å². The minimum atomic E-state index is -0.489. The molecule has 2 saturated carbocycles. The zero-order valence-electron chi connectivity index (χ0n) is 13.3. The van der Waals surface area contributed by atoms with Gasteiger partial charge in [0.2, 0.25) is 5.91 Å². The van der Waals surface area contributed by atoms with Crippen LogP contribution in [0, 0.1) is 17.8 Å². The Labute approximate surface area is 128 Å². The number of likely N-dealkylation sites (tertiary alicyclic amines) is 1. The molecule has 5 unspecified atom stereocenters. The number of carbonyl (C=O) groups excluding carboxylic acids is 1. The van der Waals surface area contributed by atoms with Crippen molar-refractivity contribution in [3.63, 3.8) is 0 Å². The number of amides is 1. The van der Waals surface area contributed by atoms with Crippen molar-refractivity contribution in [2.45, 2.75) is 69.9 Å². The van der Waals surface area contributed by atoms with Gasteiger partial charge in [0.15, 0.2) is 0 Å². The second kappa shape index (κ2) is 5.88. The summed E-state index contributed by atoms with van der Waals surface area (Å²) in [5, 5.41) is 10.7. The standard InChI is InChI=1S/C17H30N2O2/c1-12-10-13(5-6-15(12)18)16(20)19-9-8-17(21)7-3-2-4-14(17)11-19/h12-15,21H,2-11,18H2,1H3. The van der Waals surface area contributed by atoms with E-state index in [0.717, 1.165) is 58.0 Å². The molecule has 120 valence electrons. The van der Waals surface area contributed by atoms with Gasteiger partial charge in [0.1, 0.15) is 0 Å². The highest BCUT2D eigenvalue weighted by Gasteiger charge is 2.44. The normalized spacial score (nSPS) is 44.2. The first-order chi connectivity index (χ1) is 9.99. The van der Waals surface area contributed by atoms with E-state index in [-0.39, 0.29) is 12.0 Å². The van der Waals surface area contributed by atoms with E-state index in [1.807, 2.05) is 4.90 Å². The third-order valence-corrected chi connectivity index (χ3v) is 6.32. The van der Waals surface area contributed by atoms with Gasteiger partial charge in [-0.05, 0) is 44.4 Å². The molecule has 21 heavy (non-hydrogen) atoms. The number of aliphatic hydroxyl groups is 1. The van der Waals surface area contributed by atoms with Gasteiger partial charge in [0.05, 0.1) is 5.60 Å². The zero-order chi connectivity index (χ0) is 15.0. The lowest BCUT2D eigenvalue weighted by molar-refractivity contribution is -0.148. The van der Waals surface area contributed by atoms with Gasteiger partial charge >= 0.3 is 0 Å². The molecule has 5 atom stereocenters. The van der Waals surface area contributed by atoms with E-state index in [0.29, 0.717) is 17.7 Å². The number of hydrogen-bond donors (Lipinski definition) is 2. The first kappa shape index (κ1) is 15.3. The molecular formula is C17H30N2O2. The minimum Gasteiger partial charge on any atom is -0.389 e. The second-order valence-electron chi connectivity index (χ2n) is 7.73. The van der Waals surface area contributed by atoms with Crippen LogP contribution in [0.15, 0.2) is 0 Å². The first-order valence-corrected chi connectivity index (χ1v) is 8.76. The number of fused-ring (bicyclic) bond motifs is 1. The fraction of sp³-hybridized carbons (Fsp3) is 0.941. The molecule has 1 saturated heterocycles. The molecule has 1 amide bonds. The molecule has 3 N–H and O–H groups in total. The highest BCUT2D eigenvalue weighted by molar-refractivity contribution is 5.79. The Kier molecular flexibility index (Phi) is 4.28. The lowest BCUT2D eigenvalue weighted by Gasteiger charge is -2.48. The average molecular weight is 294 g/mol. The fourth-order valence-corrected chi connectivity index (χ4v) is 4.67. The summed E-state index contributed by atoms with van der Waals surface area (Å²) in [7, 11) is 0. The van der Waals surface area contributed by atoms with Crippen LogP contribution in [0.2, 0.25) is 0 Å². The summed E-state index contributed by atoms with van der Waals surface area (Å²) in [6.45, 7) is 3.68. The summed E-state index contributed by atoms with van der Waals surface area (Å²) >= 11 is 0. The summed E-state index contributed by atoms with van der Waals surface area (Å²) in [4.78, 5) is 14.8. The van der Waals surface area contributed by atoms with Crippen LogP contribution >= 0.6 is 0 Å². The number of hydrogen-bond acceptors (Lipinski definition) is 3. The molecule has 4 nitrogen and oxygen atoms in total. The highest BCUT2D eigenvalue weighted by atomic mass is 16.3. The van der Waals surface area contributed by atoms with E-state index in [2.05, 4.69) is 6.92 Å². The number of rotatable bonds is 1. The molecule has 2 aliphatic carbocycles. The van der Waals surface area contributed by atoms with Crippen LogP contribution in [0.4, 0.5) is 0 Å². The van der Waals surface area contributed by atoms with Crippen LogP contribution in [-0.4, -0.2) is 40.6 Å². The number of nitrogens with two attached hydrogens (primary N) is 1. The molecule has 0 aromatic rings. The average Bonchev–Trinajstić information content (AvgIpc) is 2.48. The number of carbonyl (C=O) groups is 1. The Morgan fingerprint density at radius 3 is 2.81 bits per heavy atom. The number of piperidine rings is 1. The van der Waals surface area contributed by atoms with Gasteiger partial charge in [-0.25, -0.2) is 0 Å². The van der Waals surface area contributed by atoms with E-state index < -0.39 is 5.60 Å². The monoisotopic (exact) mass is 294 g/mol. The summed E-state index contributed by atoms with van der Waals surface area (Å²) in [5.41, 5.74) is 5.58. The van der Waals surface area contributed by atoms with Crippen LogP contribution in [0.5, 0.6) is 0 Å². The van der Waals surface area contributed by atoms with Crippen LogP contribution < -0.4 is 5.73 Å². The summed E-state index contributed by atoms with van der Waals surface area (Å²) in [6, 6.07) is 0.263. The quantitative estimate of drug-likeness (QED) is 0.776. The summed E-state index contributed by atoms with van der Waals surface area (Å²) in [6.07, 6.45) is 7.95.